The van der Waals surface area contributed by atoms with E-state index in [2.05, 4.69) is 98.2 Å². The summed E-state index contributed by atoms with van der Waals surface area (Å²) in [4.78, 5) is 0. The quantitative estimate of drug-likeness (QED) is 0.222. The van der Waals surface area contributed by atoms with Gasteiger partial charge in [0.25, 0.3) is 0 Å². The maximum atomic E-state index is 6.61. The second-order valence-corrected chi connectivity index (χ2v) is 22.0. The van der Waals surface area contributed by atoms with Gasteiger partial charge in [0.1, 0.15) is 0 Å². The number of hydrogen-bond acceptors (Lipinski definition) is 2. The lowest BCUT2D eigenvalue weighted by atomic mass is 9.65. The maximum Gasteiger partial charge on any atom is 0.193 e. The molecule has 0 spiro atoms. The van der Waals surface area contributed by atoms with Crippen LogP contribution in [0.2, 0.25) is 37.8 Å². The lowest BCUT2D eigenvalue weighted by Crippen LogP contribution is -2.46. The molecule has 30 heavy (non-hydrogen) atoms. The monoisotopic (exact) mass is 448 g/mol. The molecular weight excluding hydrogens is 400 g/mol. The number of fused-ring (bicyclic) bond motifs is 1. The molecule has 2 aliphatic carbocycles. The van der Waals surface area contributed by atoms with Crippen molar-refractivity contribution < 1.29 is 8.85 Å². The zero-order chi connectivity index (χ0) is 23.0. The minimum atomic E-state index is -1.80. The van der Waals surface area contributed by atoms with E-state index >= 15 is 0 Å². The molecule has 0 aromatic rings. The molecule has 172 valence electrons. The molecule has 2 rings (SSSR count). The van der Waals surface area contributed by atoms with Gasteiger partial charge in [-0.25, -0.2) is 0 Å². The first-order chi connectivity index (χ1) is 13.5. The van der Waals surface area contributed by atoms with Gasteiger partial charge in [0.05, 0.1) is 5.60 Å². The summed E-state index contributed by atoms with van der Waals surface area (Å²) in [5.74, 6) is 0.656. The van der Waals surface area contributed by atoms with Crippen LogP contribution in [0.25, 0.3) is 0 Å². The molecule has 0 N–H and O–H groups in total. The minimum Gasteiger partial charge on any atom is -0.414 e. The molecule has 0 radical (unpaired) electrons. The topological polar surface area (TPSA) is 18.5 Å². The maximum absolute atomic E-state index is 6.61. The molecule has 4 heteroatoms. The van der Waals surface area contributed by atoms with Gasteiger partial charge in [-0.3, -0.25) is 0 Å². The Morgan fingerprint density at radius 1 is 1.13 bits per heavy atom. The van der Waals surface area contributed by atoms with Crippen LogP contribution in [0.15, 0.2) is 29.5 Å². The molecular formula is C26H48O2Si2. The van der Waals surface area contributed by atoms with Crippen LogP contribution in [-0.2, 0) is 8.85 Å². The first kappa shape index (κ1) is 25.9. The highest BCUT2D eigenvalue weighted by atomic mass is 28.4. The average Bonchev–Trinajstić information content (AvgIpc) is 2.85. The van der Waals surface area contributed by atoms with Crippen molar-refractivity contribution >= 4 is 16.6 Å². The second kappa shape index (κ2) is 8.86. The van der Waals surface area contributed by atoms with E-state index in [0.717, 1.165) is 6.42 Å². The zero-order valence-corrected chi connectivity index (χ0v) is 23.7. The van der Waals surface area contributed by atoms with Crippen LogP contribution < -0.4 is 0 Å². The summed E-state index contributed by atoms with van der Waals surface area (Å²) in [6.45, 7) is 25.3. The normalized spacial score (nSPS) is 27.9. The number of hydrogen-bond donors (Lipinski definition) is 0. The Bertz CT molecular complexity index is 700. The molecule has 2 nitrogen and oxygen atoms in total. The third-order valence-electron chi connectivity index (χ3n) is 7.50. The van der Waals surface area contributed by atoms with Crippen molar-refractivity contribution in [3.63, 3.8) is 0 Å². The van der Waals surface area contributed by atoms with Gasteiger partial charge in [-0.15, -0.1) is 5.73 Å². The van der Waals surface area contributed by atoms with Crippen LogP contribution in [-0.4, -0.2) is 28.3 Å². The molecule has 0 aromatic carbocycles. The summed E-state index contributed by atoms with van der Waals surface area (Å²) >= 11 is 0. The first-order valence-electron chi connectivity index (χ1n) is 12.0. The van der Waals surface area contributed by atoms with E-state index in [0.29, 0.717) is 17.4 Å². The van der Waals surface area contributed by atoms with Crippen LogP contribution in [0, 0.1) is 11.3 Å². The summed E-state index contributed by atoms with van der Waals surface area (Å²) in [5.41, 5.74) is 5.09. The van der Waals surface area contributed by atoms with Crippen molar-refractivity contribution in [2.24, 2.45) is 11.3 Å². The lowest BCUT2D eigenvalue weighted by Gasteiger charge is -2.45. The third-order valence-corrected chi connectivity index (χ3v) is 13.2. The highest BCUT2D eigenvalue weighted by molar-refractivity contribution is 6.74. The van der Waals surface area contributed by atoms with Gasteiger partial charge in [0.2, 0.25) is 0 Å². The highest BCUT2D eigenvalue weighted by Gasteiger charge is 2.48. The van der Waals surface area contributed by atoms with Gasteiger partial charge < -0.3 is 8.85 Å². The van der Waals surface area contributed by atoms with Crippen molar-refractivity contribution in [2.45, 2.75) is 123 Å². The summed E-state index contributed by atoms with van der Waals surface area (Å²) < 4.78 is 13.2. The van der Waals surface area contributed by atoms with Crippen LogP contribution in [0.5, 0.6) is 0 Å². The summed E-state index contributed by atoms with van der Waals surface area (Å²) in [6.07, 6.45) is 13.3. The average molecular weight is 449 g/mol. The van der Waals surface area contributed by atoms with Gasteiger partial charge >= 0.3 is 0 Å². The molecule has 1 saturated carbocycles. The van der Waals surface area contributed by atoms with E-state index in [1.54, 1.807) is 5.57 Å². The van der Waals surface area contributed by atoms with E-state index in [-0.39, 0.29) is 10.6 Å². The fraction of sp³-hybridized carbons (Fsp3) is 0.808. The minimum absolute atomic E-state index is 0.218. The second-order valence-electron chi connectivity index (χ2n) is 12.8. The Labute approximate surface area is 189 Å². The molecule has 0 bridgehead atoms. The van der Waals surface area contributed by atoms with Crippen molar-refractivity contribution in [2.75, 3.05) is 0 Å². The van der Waals surface area contributed by atoms with E-state index in [9.17, 15) is 0 Å². The van der Waals surface area contributed by atoms with E-state index in [1.165, 1.54) is 25.7 Å². The molecule has 0 saturated heterocycles. The summed E-state index contributed by atoms with van der Waals surface area (Å²) in [7, 11) is -3.30. The molecule has 1 fully saturated rings. The SMILES string of the molecule is CC(C)(C=C=CCC1=CC[C@H]2[C@@H](O[Si](C)(C)C)CCC[C@]12C)O[Si](C)(C)C(C)(C)C. The van der Waals surface area contributed by atoms with Crippen molar-refractivity contribution in [1.29, 1.82) is 0 Å². The molecule has 2 aliphatic rings. The summed E-state index contributed by atoms with van der Waals surface area (Å²) in [6, 6.07) is 0. The van der Waals surface area contributed by atoms with E-state index in [1.807, 2.05) is 0 Å². The van der Waals surface area contributed by atoms with Crippen molar-refractivity contribution in [1.82, 2.24) is 0 Å². The Kier molecular flexibility index (Phi) is 7.64. The van der Waals surface area contributed by atoms with E-state index < -0.39 is 16.6 Å². The predicted molar refractivity (Wildman–Crippen MR) is 136 cm³/mol. The standard InChI is InChI=1S/C26H48O2Si2/c1-24(2,3)30(10,11)28-25(4,5)19-13-12-15-21-17-18-22-23(27-29(7,8)9)16-14-20-26(21,22)6/h12,17,19,22-23H,14-16,18,20H2,1-11H3/t13?,22-,23-,26+/m0/s1. The smallest absolute Gasteiger partial charge is 0.193 e. The molecule has 0 amide bonds. The van der Waals surface area contributed by atoms with Gasteiger partial charge in [-0.1, -0.05) is 45.8 Å². The Balaban J connectivity index is 2.04. The zero-order valence-electron chi connectivity index (χ0n) is 21.7. The molecule has 0 unspecified atom stereocenters. The van der Waals surface area contributed by atoms with Gasteiger partial charge in [-0.05, 0) is 101 Å². The molecule has 0 heterocycles. The summed E-state index contributed by atoms with van der Waals surface area (Å²) in [5, 5.41) is 0.218. The molecule has 0 aromatic heterocycles. The third kappa shape index (κ3) is 6.32. The first-order valence-corrected chi connectivity index (χ1v) is 18.3. The van der Waals surface area contributed by atoms with Crippen LogP contribution in [0.1, 0.15) is 73.6 Å². The highest BCUT2D eigenvalue weighted by Crippen LogP contribution is 2.54. The van der Waals surface area contributed by atoms with Crippen LogP contribution >= 0.6 is 0 Å². The van der Waals surface area contributed by atoms with Gasteiger partial charge in [0.15, 0.2) is 16.6 Å². The van der Waals surface area contributed by atoms with Crippen LogP contribution in [0.3, 0.4) is 0 Å². The Hall–Kier alpha value is -0.386. The van der Waals surface area contributed by atoms with Gasteiger partial charge in [-0.2, -0.15) is 0 Å². The van der Waals surface area contributed by atoms with Gasteiger partial charge in [0, 0.05) is 6.10 Å². The van der Waals surface area contributed by atoms with Crippen molar-refractivity contribution in [3.05, 3.63) is 29.5 Å². The largest absolute Gasteiger partial charge is 0.414 e. The number of allylic oxidation sites excluding steroid dienone is 2. The lowest BCUT2D eigenvalue weighted by molar-refractivity contribution is 0.0230. The van der Waals surface area contributed by atoms with Crippen molar-refractivity contribution in [3.8, 4) is 0 Å². The fourth-order valence-corrected chi connectivity index (χ4v) is 7.83. The van der Waals surface area contributed by atoms with Crippen LogP contribution in [0.4, 0.5) is 0 Å². The molecule has 3 atom stereocenters. The number of rotatable bonds is 7. The van der Waals surface area contributed by atoms with E-state index in [4.69, 9.17) is 8.85 Å². The molecule has 0 aliphatic heterocycles. The predicted octanol–water partition coefficient (Wildman–Crippen LogP) is 8.24. The Morgan fingerprint density at radius 3 is 2.33 bits per heavy atom. The fourth-order valence-electron chi connectivity index (χ4n) is 4.96. The Morgan fingerprint density at radius 2 is 1.77 bits per heavy atom.